The van der Waals surface area contributed by atoms with Gasteiger partial charge in [-0.2, -0.15) is 0 Å². The molecule has 4 aromatic rings. The zero-order chi connectivity index (χ0) is 34.8. The van der Waals surface area contributed by atoms with Crippen molar-refractivity contribution in [2.75, 3.05) is 19.6 Å². The molecule has 1 aliphatic carbocycles. The van der Waals surface area contributed by atoms with E-state index in [2.05, 4.69) is 51.4 Å². The fourth-order valence-electron chi connectivity index (χ4n) is 9.52. The zero-order valence-corrected chi connectivity index (χ0v) is 30.2. The summed E-state index contributed by atoms with van der Waals surface area (Å²) in [6, 6.07) is 20.3. The number of aromatic nitrogens is 2. The van der Waals surface area contributed by atoms with Crippen molar-refractivity contribution < 1.29 is 17.6 Å². The van der Waals surface area contributed by atoms with Gasteiger partial charge in [0.25, 0.3) is 5.91 Å². The quantitative estimate of drug-likeness (QED) is 0.204. The molecule has 10 heteroatoms. The van der Waals surface area contributed by atoms with E-state index in [0.29, 0.717) is 42.3 Å². The van der Waals surface area contributed by atoms with Gasteiger partial charge in [0.05, 0.1) is 15.9 Å². The number of hydrogen-bond acceptors (Lipinski definition) is 5. The Morgan fingerprint density at radius 3 is 2.34 bits per heavy atom. The monoisotopic (exact) mass is 697 g/mol. The summed E-state index contributed by atoms with van der Waals surface area (Å²) in [6.45, 7) is 7.77. The highest BCUT2D eigenvalue weighted by Crippen LogP contribution is 2.45. The van der Waals surface area contributed by atoms with Crippen LogP contribution in [-0.4, -0.2) is 71.4 Å². The van der Waals surface area contributed by atoms with Gasteiger partial charge in [-0.3, -0.25) is 9.69 Å². The number of sulfonamides is 1. The molecule has 3 aliphatic heterocycles. The number of carbonyl (C=O) groups is 1. The molecule has 3 atom stereocenters. The molecule has 4 heterocycles. The highest BCUT2D eigenvalue weighted by Gasteiger charge is 2.44. The first-order valence-electron chi connectivity index (χ1n) is 18.4. The predicted molar refractivity (Wildman–Crippen MR) is 193 cm³/mol. The molecule has 1 amide bonds. The van der Waals surface area contributed by atoms with E-state index in [-0.39, 0.29) is 28.1 Å². The van der Waals surface area contributed by atoms with Gasteiger partial charge in [-0.25, -0.2) is 22.5 Å². The maximum atomic E-state index is 14.7. The lowest BCUT2D eigenvalue weighted by Gasteiger charge is -2.46. The smallest absolute Gasteiger partial charge is 0.254 e. The Balaban J connectivity index is 0.997. The minimum atomic E-state index is -3.71. The number of aryl methyl sites for hydroxylation is 2. The lowest BCUT2D eigenvalue weighted by Crippen LogP contribution is -2.49. The number of fused-ring (bicyclic) bond motifs is 3. The van der Waals surface area contributed by atoms with Crippen molar-refractivity contribution in [1.29, 1.82) is 0 Å². The third-order valence-electron chi connectivity index (χ3n) is 12.3. The van der Waals surface area contributed by atoms with E-state index < -0.39 is 10.0 Å². The number of likely N-dealkylation sites (tertiary alicyclic amines) is 1. The van der Waals surface area contributed by atoms with Crippen LogP contribution in [0.4, 0.5) is 4.39 Å². The van der Waals surface area contributed by atoms with E-state index in [1.165, 1.54) is 24.4 Å². The van der Waals surface area contributed by atoms with E-state index in [4.69, 9.17) is 4.98 Å². The van der Waals surface area contributed by atoms with Crippen molar-refractivity contribution in [2.45, 2.75) is 113 Å². The summed E-state index contributed by atoms with van der Waals surface area (Å²) in [5.74, 6) is 0.733. The van der Waals surface area contributed by atoms with Gasteiger partial charge in [0.15, 0.2) is 0 Å². The van der Waals surface area contributed by atoms with Crippen LogP contribution in [0.3, 0.4) is 0 Å². The van der Waals surface area contributed by atoms with Crippen LogP contribution in [-0.2, 0) is 15.4 Å². The average Bonchev–Trinajstić information content (AvgIpc) is 3.78. The Bertz CT molecular complexity index is 2030. The molecular formula is C40H48FN5O3S. The fourth-order valence-corrected chi connectivity index (χ4v) is 11.1. The Hall–Kier alpha value is -3.60. The molecule has 3 aromatic carbocycles. The first kappa shape index (κ1) is 33.5. The Morgan fingerprint density at radius 2 is 1.64 bits per heavy atom. The summed E-state index contributed by atoms with van der Waals surface area (Å²) in [5, 5.41) is 0. The van der Waals surface area contributed by atoms with Crippen LogP contribution in [0.15, 0.2) is 65.6 Å². The summed E-state index contributed by atoms with van der Waals surface area (Å²) in [4.78, 5) is 23.8. The van der Waals surface area contributed by atoms with Gasteiger partial charge in [0, 0.05) is 42.8 Å². The number of rotatable bonds is 9. The summed E-state index contributed by atoms with van der Waals surface area (Å²) < 4.78 is 46.3. The molecule has 50 heavy (non-hydrogen) atoms. The standard InChI is InChI=1S/C40H48FN5O3S/c1-26-11-16-37(50(48,49)43-31-12-13-31)27(2)38(26)39(47)44-20-17-40(18-21-44,29-7-6-8-30(41)23-29)19-22-45-32-14-15-33(45)25-34(24-32)46-28(3)42-35-9-4-5-10-36(35)46/h4-11,16,23,31-34,43H,12-15,17-22,24-25H2,1-3H3/t32-,33+,34+. The van der Waals surface area contributed by atoms with Crippen LogP contribution in [0.5, 0.6) is 0 Å². The normalized spacial score (nSPS) is 23.8. The molecule has 8 rings (SSSR count). The number of nitrogens with one attached hydrogen (secondary N) is 1. The van der Waals surface area contributed by atoms with E-state index in [9.17, 15) is 17.6 Å². The molecule has 0 spiro atoms. The van der Waals surface area contributed by atoms with Crippen molar-refractivity contribution in [2.24, 2.45) is 0 Å². The van der Waals surface area contributed by atoms with Crippen LogP contribution in [0.1, 0.15) is 96.7 Å². The average molecular weight is 698 g/mol. The largest absolute Gasteiger partial charge is 0.339 e. The van der Waals surface area contributed by atoms with Crippen molar-refractivity contribution >= 4 is 27.0 Å². The number of carbonyl (C=O) groups excluding carboxylic acids is 1. The molecule has 3 saturated heterocycles. The van der Waals surface area contributed by atoms with Gasteiger partial charge in [-0.05, 0) is 138 Å². The molecule has 4 aliphatic rings. The minimum Gasteiger partial charge on any atom is -0.339 e. The SMILES string of the molecule is Cc1ccc(S(=O)(=O)NC2CC2)c(C)c1C(=O)N1CCC(CCN2[C@@H]3CC[C@H]2C[C@@H](n2c(C)nc4ccccc42)C3)(c2cccc(F)c2)CC1. The van der Waals surface area contributed by atoms with Crippen molar-refractivity contribution in [3.8, 4) is 0 Å². The van der Waals surface area contributed by atoms with Crippen LogP contribution in [0.2, 0.25) is 0 Å². The van der Waals surface area contributed by atoms with E-state index in [0.717, 1.165) is 74.0 Å². The molecule has 1 N–H and O–H groups in total. The molecule has 2 bridgehead atoms. The first-order valence-corrected chi connectivity index (χ1v) is 19.9. The van der Waals surface area contributed by atoms with Gasteiger partial charge in [-0.1, -0.05) is 30.3 Å². The molecular weight excluding hydrogens is 650 g/mol. The Labute approximate surface area is 295 Å². The molecule has 1 aromatic heterocycles. The zero-order valence-electron chi connectivity index (χ0n) is 29.4. The van der Waals surface area contributed by atoms with Gasteiger partial charge in [0.1, 0.15) is 11.6 Å². The molecule has 1 saturated carbocycles. The summed E-state index contributed by atoms with van der Waals surface area (Å²) in [7, 11) is -3.71. The summed E-state index contributed by atoms with van der Waals surface area (Å²) >= 11 is 0. The van der Waals surface area contributed by atoms with Gasteiger partial charge < -0.3 is 9.47 Å². The maximum Gasteiger partial charge on any atom is 0.254 e. The van der Waals surface area contributed by atoms with Gasteiger partial charge >= 0.3 is 0 Å². The number of halogens is 1. The second-order valence-electron chi connectivity index (χ2n) is 15.4. The van der Waals surface area contributed by atoms with E-state index >= 15 is 0 Å². The lowest BCUT2D eigenvalue weighted by molar-refractivity contribution is 0.0605. The van der Waals surface area contributed by atoms with Crippen LogP contribution in [0, 0.1) is 26.6 Å². The predicted octanol–water partition coefficient (Wildman–Crippen LogP) is 6.97. The number of imidazole rings is 1. The third kappa shape index (κ3) is 6.07. The third-order valence-corrected chi connectivity index (χ3v) is 14.0. The number of nitrogens with zero attached hydrogens (tertiary/aromatic N) is 4. The highest BCUT2D eigenvalue weighted by molar-refractivity contribution is 7.89. The van der Waals surface area contributed by atoms with Crippen LogP contribution in [0.25, 0.3) is 11.0 Å². The van der Waals surface area contributed by atoms with Crippen molar-refractivity contribution in [3.05, 3.63) is 94.6 Å². The highest BCUT2D eigenvalue weighted by atomic mass is 32.2. The summed E-state index contributed by atoms with van der Waals surface area (Å²) in [6.07, 6.45) is 8.67. The first-order chi connectivity index (χ1) is 24.0. The van der Waals surface area contributed by atoms with Gasteiger partial charge in [0.2, 0.25) is 10.0 Å². The molecule has 4 fully saturated rings. The lowest BCUT2D eigenvalue weighted by atomic mass is 9.70. The number of benzene rings is 3. The maximum absolute atomic E-state index is 14.7. The Kier molecular flexibility index (Phi) is 8.63. The Morgan fingerprint density at radius 1 is 0.920 bits per heavy atom. The van der Waals surface area contributed by atoms with Crippen LogP contribution >= 0.6 is 0 Å². The van der Waals surface area contributed by atoms with Gasteiger partial charge in [-0.15, -0.1) is 0 Å². The number of amides is 1. The van der Waals surface area contributed by atoms with Crippen LogP contribution < -0.4 is 4.72 Å². The second-order valence-corrected chi connectivity index (χ2v) is 17.1. The van der Waals surface area contributed by atoms with E-state index in [1.54, 1.807) is 25.1 Å². The fraction of sp³-hybridized carbons (Fsp3) is 0.500. The summed E-state index contributed by atoms with van der Waals surface area (Å²) in [5.41, 5.74) is 4.80. The topological polar surface area (TPSA) is 87.5 Å². The van der Waals surface area contributed by atoms with E-state index in [1.807, 2.05) is 17.9 Å². The molecule has 264 valence electrons. The number of para-hydroxylation sites is 2. The minimum absolute atomic E-state index is 0.0133. The van der Waals surface area contributed by atoms with Crippen molar-refractivity contribution in [1.82, 2.24) is 24.1 Å². The second kappa shape index (κ2) is 12.9. The number of hydrogen-bond donors (Lipinski definition) is 1. The molecule has 0 radical (unpaired) electrons. The number of piperidine rings is 2. The molecule has 0 unspecified atom stereocenters. The van der Waals surface area contributed by atoms with Crippen molar-refractivity contribution in [3.63, 3.8) is 0 Å². The molecule has 8 nitrogen and oxygen atoms in total.